The Morgan fingerprint density at radius 1 is 1.08 bits per heavy atom. The predicted molar refractivity (Wildman–Crippen MR) is 104 cm³/mol. The molecule has 0 aliphatic heterocycles. The van der Waals surface area contributed by atoms with Gasteiger partial charge in [0.1, 0.15) is 0 Å². The van der Waals surface area contributed by atoms with E-state index in [0.29, 0.717) is 6.04 Å². The van der Waals surface area contributed by atoms with Crippen LogP contribution in [0.2, 0.25) is 0 Å². The molecule has 0 unspecified atom stereocenters. The maximum Gasteiger partial charge on any atom is 0.226 e. The van der Waals surface area contributed by atoms with Crippen LogP contribution in [0.3, 0.4) is 0 Å². The Bertz CT molecular complexity index is 735. The standard InChI is InChI=1S/C22H29N3/c1-4-13-25(21(17-6-7-17)18-8-9-18)22-23-12-11-20(24-22)19-10-5-15(2)14-16(19)3/h5,10-12,14,17-18,21H,4,6-9,13H2,1-3H3. The van der Waals surface area contributed by atoms with E-state index in [1.54, 1.807) is 0 Å². The van der Waals surface area contributed by atoms with Gasteiger partial charge >= 0.3 is 0 Å². The molecule has 1 aromatic carbocycles. The van der Waals surface area contributed by atoms with Gasteiger partial charge in [-0.15, -0.1) is 0 Å². The van der Waals surface area contributed by atoms with Crippen LogP contribution in [0.5, 0.6) is 0 Å². The van der Waals surface area contributed by atoms with Crippen molar-refractivity contribution in [1.29, 1.82) is 0 Å². The molecular weight excluding hydrogens is 306 g/mol. The van der Waals surface area contributed by atoms with Gasteiger partial charge in [-0.3, -0.25) is 0 Å². The normalized spacial score (nSPS) is 17.1. The lowest BCUT2D eigenvalue weighted by Crippen LogP contribution is -2.40. The van der Waals surface area contributed by atoms with Crippen molar-refractivity contribution in [2.24, 2.45) is 11.8 Å². The molecule has 0 N–H and O–H groups in total. The number of anilines is 1. The summed E-state index contributed by atoms with van der Waals surface area (Å²) in [4.78, 5) is 12.2. The van der Waals surface area contributed by atoms with Gasteiger partial charge in [0.05, 0.1) is 5.69 Å². The zero-order valence-corrected chi connectivity index (χ0v) is 15.7. The zero-order chi connectivity index (χ0) is 17.4. The summed E-state index contributed by atoms with van der Waals surface area (Å²) in [6, 6.07) is 9.31. The summed E-state index contributed by atoms with van der Waals surface area (Å²) in [5.41, 5.74) is 4.85. The quantitative estimate of drug-likeness (QED) is 0.699. The van der Waals surface area contributed by atoms with Gasteiger partial charge in [-0.1, -0.05) is 30.7 Å². The van der Waals surface area contributed by atoms with E-state index >= 15 is 0 Å². The van der Waals surface area contributed by atoms with Crippen LogP contribution in [0.25, 0.3) is 11.3 Å². The summed E-state index contributed by atoms with van der Waals surface area (Å²) in [6.07, 6.45) is 8.64. The molecule has 0 radical (unpaired) electrons. The third-order valence-electron chi connectivity index (χ3n) is 5.59. The molecule has 0 bridgehead atoms. The Labute approximate surface area is 151 Å². The van der Waals surface area contributed by atoms with Crippen molar-refractivity contribution in [2.45, 2.75) is 58.9 Å². The van der Waals surface area contributed by atoms with Crippen molar-refractivity contribution >= 4 is 5.95 Å². The van der Waals surface area contributed by atoms with Gasteiger partial charge in [0.2, 0.25) is 5.95 Å². The SMILES string of the molecule is CCCN(c1nccc(-c2ccc(C)cc2C)n1)C(C1CC1)C1CC1. The molecule has 4 rings (SSSR count). The van der Waals surface area contributed by atoms with Crippen LogP contribution in [0.15, 0.2) is 30.5 Å². The monoisotopic (exact) mass is 335 g/mol. The Balaban J connectivity index is 1.68. The molecule has 2 aliphatic rings. The fourth-order valence-corrected chi connectivity index (χ4v) is 4.13. The zero-order valence-electron chi connectivity index (χ0n) is 15.7. The van der Waals surface area contributed by atoms with E-state index < -0.39 is 0 Å². The highest BCUT2D eigenvalue weighted by Gasteiger charge is 2.45. The molecular formula is C22H29N3. The molecule has 0 saturated heterocycles. The summed E-state index contributed by atoms with van der Waals surface area (Å²) in [5, 5.41) is 0. The van der Waals surface area contributed by atoms with E-state index in [0.717, 1.165) is 36.4 Å². The Morgan fingerprint density at radius 2 is 1.80 bits per heavy atom. The van der Waals surface area contributed by atoms with Crippen molar-refractivity contribution in [3.8, 4) is 11.3 Å². The number of benzene rings is 1. The first-order valence-corrected chi connectivity index (χ1v) is 9.84. The fraction of sp³-hybridized carbons (Fsp3) is 0.545. The molecule has 2 aliphatic carbocycles. The van der Waals surface area contributed by atoms with Gasteiger partial charge in [0.15, 0.2) is 0 Å². The molecule has 25 heavy (non-hydrogen) atoms. The van der Waals surface area contributed by atoms with Crippen molar-refractivity contribution in [1.82, 2.24) is 9.97 Å². The highest BCUT2D eigenvalue weighted by molar-refractivity contribution is 5.64. The second kappa shape index (κ2) is 6.78. The van der Waals surface area contributed by atoms with Gasteiger partial charge in [-0.2, -0.15) is 0 Å². The molecule has 132 valence electrons. The number of hydrogen-bond donors (Lipinski definition) is 0. The van der Waals surface area contributed by atoms with Crippen molar-refractivity contribution in [3.63, 3.8) is 0 Å². The third kappa shape index (κ3) is 3.56. The molecule has 0 atom stereocenters. The van der Waals surface area contributed by atoms with Gasteiger partial charge in [-0.05, 0) is 69.4 Å². The number of hydrogen-bond acceptors (Lipinski definition) is 3. The fourth-order valence-electron chi connectivity index (χ4n) is 4.13. The summed E-state index contributed by atoms with van der Waals surface area (Å²) in [5.74, 6) is 2.67. The van der Waals surface area contributed by atoms with Crippen molar-refractivity contribution in [3.05, 3.63) is 41.6 Å². The molecule has 2 fully saturated rings. The molecule has 3 nitrogen and oxygen atoms in total. The van der Waals surface area contributed by atoms with Crippen LogP contribution < -0.4 is 4.90 Å². The average Bonchev–Trinajstić information content (AvgIpc) is 3.49. The van der Waals surface area contributed by atoms with Crippen LogP contribution in [0, 0.1) is 25.7 Å². The molecule has 2 aromatic rings. The molecule has 0 spiro atoms. The topological polar surface area (TPSA) is 29.0 Å². The maximum absolute atomic E-state index is 5.01. The van der Waals surface area contributed by atoms with E-state index in [-0.39, 0.29) is 0 Å². The second-order valence-corrected chi connectivity index (χ2v) is 7.92. The number of nitrogens with zero attached hydrogens (tertiary/aromatic N) is 3. The lowest BCUT2D eigenvalue weighted by atomic mass is 10.0. The van der Waals surface area contributed by atoms with Crippen LogP contribution in [-0.2, 0) is 0 Å². The number of aryl methyl sites for hydroxylation is 2. The molecule has 2 saturated carbocycles. The molecule has 1 aromatic heterocycles. The summed E-state index contributed by atoms with van der Waals surface area (Å²) in [6.45, 7) is 7.64. The van der Waals surface area contributed by atoms with Crippen molar-refractivity contribution < 1.29 is 0 Å². The lowest BCUT2D eigenvalue weighted by molar-refractivity contribution is 0.469. The third-order valence-corrected chi connectivity index (χ3v) is 5.59. The Kier molecular flexibility index (Phi) is 4.49. The van der Waals surface area contributed by atoms with Crippen LogP contribution in [0.1, 0.15) is 50.2 Å². The van der Waals surface area contributed by atoms with Crippen LogP contribution >= 0.6 is 0 Å². The average molecular weight is 335 g/mol. The minimum atomic E-state index is 0.661. The summed E-state index contributed by atoms with van der Waals surface area (Å²) >= 11 is 0. The van der Waals surface area contributed by atoms with Gasteiger partial charge in [0.25, 0.3) is 0 Å². The molecule has 1 heterocycles. The minimum Gasteiger partial charge on any atom is -0.337 e. The highest BCUT2D eigenvalue weighted by Crippen LogP contribution is 2.48. The van der Waals surface area contributed by atoms with Gasteiger partial charge in [-0.25, -0.2) is 9.97 Å². The highest BCUT2D eigenvalue weighted by atomic mass is 15.3. The summed E-state index contributed by atoms with van der Waals surface area (Å²) in [7, 11) is 0. The molecule has 0 amide bonds. The van der Waals surface area contributed by atoms with Crippen LogP contribution in [0.4, 0.5) is 5.95 Å². The van der Waals surface area contributed by atoms with Crippen LogP contribution in [-0.4, -0.2) is 22.6 Å². The lowest BCUT2D eigenvalue weighted by Gasteiger charge is -2.32. The minimum absolute atomic E-state index is 0.661. The van der Waals surface area contributed by atoms with Gasteiger partial charge < -0.3 is 4.90 Å². The first kappa shape index (κ1) is 16.6. The Hall–Kier alpha value is -1.90. The Morgan fingerprint density at radius 3 is 2.40 bits per heavy atom. The second-order valence-electron chi connectivity index (χ2n) is 7.92. The first-order valence-electron chi connectivity index (χ1n) is 9.84. The van der Waals surface area contributed by atoms with E-state index in [2.05, 4.69) is 54.9 Å². The van der Waals surface area contributed by atoms with E-state index in [1.807, 2.05) is 6.20 Å². The summed E-state index contributed by atoms with van der Waals surface area (Å²) < 4.78 is 0. The molecule has 3 heteroatoms. The number of aromatic nitrogens is 2. The smallest absolute Gasteiger partial charge is 0.226 e. The van der Waals surface area contributed by atoms with E-state index in [9.17, 15) is 0 Å². The maximum atomic E-state index is 5.01. The van der Waals surface area contributed by atoms with E-state index in [4.69, 9.17) is 4.98 Å². The largest absolute Gasteiger partial charge is 0.337 e. The number of rotatable bonds is 7. The van der Waals surface area contributed by atoms with Gasteiger partial charge in [0, 0.05) is 24.3 Å². The predicted octanol–water partition coefficient (Wildman–Crippen LogP) is 5.17. The first-order chi connectivity index (χ1) is 12.2. The van der Waals surface area contributed by atoms with Crippen molar-refractivity contribution in [2.75, 3.05) is 11.4 Å². The van der Waals surface area contributed by atoms with E-state index in [1.165, 1.54) is 42.4 Å².